The second kappa shape index (κ2) is 5.44. The molecule has 100 valence electrons. The van der Waals surface area contributed by atoms with Crippen LogP contribution in [0.1, 0.15) is 35.4 Å². The SMILES string of the molecule is [2H]CC([2H])C(C)(C)C(=O)N(O)Cc1cc(F)cc(F)c1. The van der Waals surface area contributed by atoms with Crippen LogP contribution in [0.5, 0.6) is 0 Å². The Bertz CT molecular complexity index is 477. The van der Waals surface area contributed by atoms with Crippen molar-refractivity contribution in [2.24, 2.45) is 5.41 Å². The molecule has 1 amide bonds. The van der Waals surface area contributed by atoms with Gasteiger partial charge < -0.3 is 0 Å². The van der Waals surface area contributed by atoms with Crippen LogP contribution in [0.2, 0.25) is 0 Å². The molecule has 0 radical (unpaired) electrons. The lowest BCUT2D eigenvalue weighted by atomic mass is 9.89. The van der Waals surface area contributed by atoms with E-state index in [1.54, 1.807) is 0 Å². The fourth-order valence-electron chi connectivity index (χ4n) is 1.37. The minimum atomic E-state index is -1.26. The average Bonchev–Trinajstić information content (AvgIpc) is 2.35. The normalized spacial score (nSPS) is 14.7. The Labute approximate surface area is 108 Å². The summed E-state index contributed by atoms with van der Waals surface area (Å²) in [5.74, 6) is -2.37. The summed E-state index contributed by atoms with van der Waals surface area (Å²) < 4.78 is 40.8. The molecular formula is C13H17F2NO2. The van der Waals surface area contributed by atoms with Gasteiger partial charge in [-0.3, -0.25) is 10.0 Å². The molecule has 0 heterocycles. The number of nitrogens with zero attached hydrogens (tertiary/aromatic N) is 1. The van der Waals surface area contributed by atoms with Crippen molar-refractivity contribution >= 4 is 5.91 Å². The first-order chi connectivity index (χ1) is 9.18. The number of amides is 1. The number of carbonyl (C=O) groups is 1. The lowest BCUT2D eigenvalue weighted by Crippen LogP contribution is -2.38. The Balaban J connectivity index is 2.85. The molecule has 0 aliphatic carbocycles. The third-order valence-electron chi connectivity index (χ3n) is 2.55. The Hall–Kier alpha value is -1.49. The molecule has 1 atom stereocenters. The van der Waals surface area contributed by atoms with Crippen molar-refractivity contribution in [2.45, 2.75) is 33.7 Å². The van der Waals surface area contributed by atoms with Crippen molar-refractivity contribution in [1.29, 1.82) is 0 Å². The second-order valence-electron chi connectivity index (χ2n) is 4.57. The van der Waals surface area contributed by atoms with Crippen LogP contribution in [-0.4, -0.2) is 16.2 Å². The quantitative estimate of drug-likeness (QED) is 0.666. The highest BCUT2D eigenvalue weighted by Gasteiger charge is 2.29. The van der Waals surface area contributed by atoms with Gasteiger partial charge in [-0.15, -0.1) is 0 Å². The van der Waals surface area contributed by atoms with E-state index >= 15 is 0 Å². The van der Waals surface area contributed by atoms with Gasteiger partial charge in [0.25, 0.3) is 5.91 Å². The van der Waals surface area contributed by atoms with Gasteiger partial charge in [-0.05, 0) is 24.1 Å². The van der Waals surface area contributed by atoms with Gasteiger partial charge in [0.2, 0.25) is 0 Å². The molecule has 3 nitrogen and oxygen atoms in total. The molecular weight excluding hydrogens is 240 g/mol. The number of hydrogen-bond donors (Lipinski definition) is 1. The zero-order chi connectivity index (χ0) is 15.5. The standard InChI is InChI=1S/C13H17F2NO2/c1-4-13(2,3)12(17)16(18)8-9-5-10(14)7-11(15)6-9/h5-7,18H,4,8H2,1-3H3/i1D,4D. The summed E-state index contributed by atoms with van der Waals surface area (Å²) in [6.07, 6.45) is -1.01. The van der Waals surface area contributed by atoms with Gasteiger partial charge >= 0.3 is 0 Å². The molecule has 0 bridgehead atoms. The molecule has 0 aliphatic heterocycles. The van der Waals surface area contributed by atoms with Crippen LogP contribution >= 0.6 is 0 Å². The fraction of sp³-hybridized carbons (Fsp3) is 0.462. The lowest BCUT2D eigenvalue weighted by molar-refractivity contribution is -0.178. The molecule has 1 unspecified atom stereocenters. The van der Waals surface area contributed by atoms with E-state index in [1.165, 1.54) is 13.8 Å². The van der Waals surface area contributed by atoms with E-state index in [4.69, 9.17) is 2.74 Å². The highest BCUT2D eigenvalue weighted by molar-refractivity contribution is 5.80. The van der Waals surface area contributed by atoms with Gasteiger partial charge in [-0.2, -0.15) is 0 Å². The molecule has 0 aromatic heterocycles. The molecule has 0 saturated heterocycles. The third kappa shape index (κ3) is 3.50. The van der Waals surface area contributed by atoms with Crippen LogP contribution in [0.25, 0.3) is 0 Å². The smallest absolute Gasteiger partial charge is 0.251 e. The summed E-state index contributed by atoms with van der Waals surface area (Å²) in [7, 11) is 0. The van der Waals surface area contributed by atoms with E-state index in [-0.39, 0.29) is 19.0 Å². The number of hydrogen-bond acceptors (Lipinski definition) is 2. The fourth-order valence-corrected chi connectivity index (χ4v) is 1.37. The molecule has 1 N–H and O–H groups in total. The number of carbonyl (C=O) groups excluding carboxylic acids is 1. The van der Waals surface area contributed by atoms with Gasteiger partial charge in [0.1, 0.15) is 11.6 Å². The maximum Gasteiger partial charge on any atom is 0.251 e. The lowest BCUT2D eigenvalue weighted by Gasteiger charge is -2.26. The Morgan fingerprint density at radius 2 is 2.00 bits per heavy atom. The monoisotopic (exact) mass is 259 g/mol. The van der Waals surface area contributed by atoms with Gasteiger partial charge in [0, 0.05) is 14.2 Å². The van der Waals surface area contributed by atoms with Gasteiger partial charge in [0.05, 0.1) is 6.54 Å². The number of rotatable bonds is 4. The van der Waals surface area contributed by atoms with Crippen LogP contribution in [0.4, 0.5) is 8.78 Å². The number of hydroxylamine groups is 2. The largest absolute Gasteiger partial charge is 0.286 e. The maximum absolute atomic E-state index is 13.0. The van der Waals surface area contributed by atoms with Crippen LogP contribution in [0, 0.1) is 17.0 Å². The Morgan fingerprint density at radius 1 is 1.44 bits per heavy atom. The maximum atomic E-state index is 13.0. The van der Waals surface area contributed by atoms with E-state index in [1.807, 2.05) is 0 Å². The minimum Gasteiger partial charge on any atom is -0.286 e. The summed E-state index contributed by atoms with van der Waals surface area (Å²) >= 11 is 0. The Morgan fingerprint density at radius 3 is 2.50 bits per heavy atom. The van der Waals surface area contributed by atoms with E-state index < -0.39 is 29.4 Å². The molecule has 0 saturated carbocycles. The predicted octanol–water partition coefficient (Wildman–Crippen LogP) is 3.12. The highest BCUT2D eigenvalue weighted by Crippen LogP contribution is 2.23. The zero-order valence-corrected chi connectivity index (χ0v) is 10.3. The first kappa shape index (κ1) is 11.6. The van der Waals surface area contributed by atoms with Crippen molar-refractivity contribution in [1.82, 2.24) is 5.06 Å². The third-order valence-corrected chi connectivity index (χ3v) is 2.55. The van der Waals surface area contributed by atoms with Crippen LogP contribution in [0.15, 0.2) is 18.2 Å². The summed E-state index contributed by atoms with van der Waals surface area (Å²) in [5.41, 5.74) is -1.16. The van der Waals surface area contributed by atoms with Gasteiger partial charge in [-0.25, -0.2) is 13.8 Å². The van der Waals surface area contributed by atoms with Crippen molar-refractivity contribution in [2.75, 3.05) is 0 Å². The number of benzene rings is 1. The topological polar surface area (TPSA) is 40.5 Å². The number of halogens is 2. The molecule has 5 heteroatoms. The second-order valence-corrected chi connectivity index (χ2v) is 4.57. The predicted molar refractivity (Wildman–Crippen MR) is 62.8 cm³/mol. The molecule has 18 heavy (non-hydrogen) atoms. The average molecular weight is 259 g/mol. The zero-order valence-electron chi connectivity index (χ0n) is 12.3. The molecule has 1 aromatic rings. The molecule has 1 aromatic carbocycles. The first-order valence-corrected chi connectivity index (χ1v) is 5.35. The van der Waals surface area contributed by atoms with Crippen molar-refractivity contribution in [3.05, 3.63) is 35.4 Å². The first-order valence-electron chi connectivity index (χ1n) is 6.64. The summed E-state index contributed by atoms with van der Waals surface area (Å²) in [6, 6.07) is 2.71. The van der Waals surface area contributed by atoms with Crippen LogP contribution in [-0.2, 0) is 11.3 Å². The summed E-state index contributed by atoms with van der Waals surface area (Å²) in [6.45, 7) is 2.21. The minimum absolute atomic E-state index is 0.0987. The van der Waals surface area contributed by atoms with Crippen molar-refractivity contribution in [3.63, 3.8) is 0 Å². The summed E-state index contributed by atoms with van der Waals surface area (Å²) in [4.78, 5) is 12.0. The van der Waals surface area contributed by atoms with Gasteiger partial charge in [-0.1, -0.05) is 20.7 Å². The van der Waals surface area contributed by atoms with Crippen molar-refractivity contribution < 1.29 is 21.5 Å². The molecule has 0 aliphatic rings. The molecule has 0 fully saturated rings. The van der Waals surface area contributed by atoms with Crippen molar-refractivity contribution in [3.8, 4) is 0 Å². The molecule has 0 spiro atoms. The van der Waals surface area contributed by atoms with Crippen LogP contribution < -0.4 is 0 Å². The molecule has 1 rings (SSSR count). The highest BCUT2D eigenvalue weighted by atomic mass is 19.1. The van der Waals surface area contributed by atoms with E-state index in [9.17, 15) is 18.8 Å². The van der Waals surface area contributed by atoms with E-state index in [0.29, 0.717) is 11.1 Å². The van der Waals surface area contributed by atoms with E-state index in [0.717, 1.165) is 12.1 Å². The van der Waals surface area contributed by atoms with Crippen LogP contribution in [0.3, 0.4) is 0 Å². The van der Waals surface area contributed by atoms with Gasteiger partial charge in [0.15, 0.2) is 0 Å². The Kier molecular flexibility index (Phi) is 3.50. The summed E-state index contributed by atoms with van der Waals surface area (Å²) in [5, 5.41) is 10.1. The van der Waals surface area contributed by atoms with E-state index in [2.05, 4.69) is 0 Å².